The summed E-state index contributed by atoms with van der Waals surface area (Å²) in [6.45, 7) is 0.981. The molecule has 1 saturated heterocycles. The van der Waals surface area contributed by atoms with Crippen LogP contribution in [0.25, 0.3) is 0 Å². The van der Waals surface area contributed by atoms with Gasteiger partial charge in [0.05, 0.1) is 7.11 Å². The minimum atomic E-state index is -0.0867. The van der Waals surface area contributed by atoms with E-state index in [4.69, 9.17) is 4.74 Å². The number of nitrogens with zero attached hydrogens (tertiary/aromatic N) is 1. The Morgan fingerprint density at radius 1 is 1.55 bits per heavy atom. The third kappa shape index (κ3) is 2.50. The van der Waals surface area contributed by atoms with Gasteiger partial charge in [-0.25, -0.2) is 4.98 Å². The van der Waals surface area contributed by atoms with E-state index >= 15 is 0 Å². The van der Waals surface area contributed by atoms with Crippen molar-refractivity contribution in [3.05, 3.63) is 23.9 Å². The maximum Gasteiger partial charge on any atom is 0.256 e. The Labute approximate surface area is 119 Å². The highest BCUT2D eigenvalue weighted by Gasteiger charge is 2.41. The Balaban J connectivity index is 1.66. The molecule has 1 atom stereocenters. The van der Waals surface area contributed by atoms with Crippen LogP contribution in [0.5, 0.6) is 5.88 Å². The fourth-order valence-electron chi connectivity index (χ4n) is 3.25. The first kappa shape index (κ1) is 13.4. The molecule has 108 valence electrons. The summed E-state index contributed by atoms with van der Waals surface area (Å²) in [7, 11) is 1.53. The lowest BCUT2D eigenvalue weighted by atomic mass is 9.70. The second kappa shape index (κ2) is 5.40. The van der Waals surface area contributed by atoms with Crippen molar-refractivity contribution in [3.63, 3.8) is 0 Å². The lowest BCUT2D eigenvalue weighted by Crippen LogP contribution is -2.59. The van der Waals surface area contributed by atoms with Gasteiger partial charge in [-0.05, 0) is 50.8 Å². The van der Waals surface area contributed by atoms with Crippen LogP contribution in [-0.4, -0.2) is 36.1 Å². The van der Waals surface area contributed by atoms with Crippen molar-refractivity contribution in [2.75, 3.05) is 13.7 Å². The molecule has 1 aliphatic heterocycles. The van der Waals surface area contributed by atoms with Crippen molar-refractivity contribution >= 4 is 5.91 Å². The Kier molecular flexibility index (Phi) is 3.61. The zero-order valence-corrected chi connectivity index (χ0v) is 11.8. The lowest BCUT2D eigenvalue weighted by Gasteiger charge is -2.48. The zero-order valence-electron chi connectivity index (χ0n) is 11.8. The highest BCUT2D eigenvalue weighted by Crippen LogP contribution is 2.38. The summed E-state index contributed by atoms with van der Waals surface area (Å²) in [5, 5.41) is 6.74. The zero-order chi connectivity index (χ0) is 14.0. The van der Waals surface area contributed by atoms with Gasteiger partial charge in [-0.3, -0.25) is 4.79 Å². The van der Waals surface area contributed by atoms with Gasteiger partial charge >= 0.3 is 0 Å². The van der Waals surface area contributed by atoms with E-state index in [0.29, 0.717) is 11.4 Å². The molecule has 2 N–H and O–H groups in total. The molecule has 1 aliphatic carbocycles. The van der Waals surface area contributed by atoms with E-state index in [9.17, 15) is 4.79 Å². The number of ether oxygens (including phenoxy) is 1. The number of piperidine rings is 1. The van der Waals surface area contributed by atoms with Crippen LogP contribution in [0.4, 0.5) is 0 Å². The largest absolute Gasteiger partial charge is 0.480 e. The fraction of sp³-hybridized carbons (Fsp3) is 0.600. The second-order valence-electron chi connectivity index (χ2n) is 5.78. The quantitative estimate of drug-likeness (QED) is 0.877. The molecule has 0 bridgehead atoms. The topological polar surface area (TPSA) is 63.2 Å². The molecule has 1 amide bonds. The number of pyridine rings is 1. The van der Waals surface area contributed by atoms with Crippen LogP contribution in [0.15, 0.2) is 18.3 Å². The summed E-state index contributed by atoms with van der Waals surface area (Å²) in [6, 6.07) is 3.75. The molecule has 0 aromatic carbocycles. The molecule has 2 fully saturated rings. The first-order valence-electron chi connectivity index (χ1n) is 7.27. The highest BCUT2D eigenvalue weighted by atomic mass is 16.5. The summed E-state index contributed by atoms with van der Waals surface area (Å²) < 4.78 is 5.14. The van der Waals surface area contributed by atoms with Crippen LogP contribution in [0.2, 0.25) is 0 Å². The molecule has 0 radical (unpaired) electrons. The van der Waals surface area contributed by atoms with Gasteiger partial charge < -0.3 is 15.4 Å². The maximum atomic E-state index is 12.4. The highest BCUT2D eigenvalue weighted by molar-refractivity contribution is 5.96. The smallest absolute Gasteiger partial charge is 0.256 e. The van der Waals surface area contributed by atoms with Crippen molar-refractivity contribution < 1.29 is 9.53 Å². The first-order chi connectivity index (χ1) is 9.72. The van der Waals surface area contributed by atoms with Gasteiger partial charge in [-0.1, -0.05) is 0 Å². The second-order valence-corrected chi connectivity index (χ2v) is 5.78. The predicted octanol–water partition coefficient (Wildman–Crippen LogP) is 1.49. The Morgan fingerprint density at radius 3 is 3.10 bits per heavy atom. The maximum absolute atomic E-state index is 12.4. The van der Waals surface area contributed by atoms with Gasteiger partial charge in [-0.15, -0.1) is 0 Å². The molecule has 1 spiro atoms. The normalized spacial score (nSPS) is 23.9. The number of amides is 1. The molecule has 2 heterocycles. The molecule has 1 aromatic rings. The summed E-state index contributed by atoms with van der Waals surface area (Å²) >= 11 is 0. The third-order valence-electron chi connectivity index (χ3n) is 4.48. The van der Waals surface area contributed by atoms with Crippen LogP contribution in [-0.2, 0) is 0 Å². The van der Waals surface area contributed by atoms with Crippen LogP contribution >= 0.6 is 0 Å². The Hall–Kier alpha value is -1.62. The first-order valence-corrected chi connectivity index (χ1v) is 7.27. The van der Waals surface area contributed by atoms with Crippen LogP contribution in [0.3, 0.4) is 0 Å². The van der Waals surface area contributed by atoms with Gasteiger partial charge in [0.15, 0.2) is 0 Å². The van der Waals surface area contributed by atoms with E-state index in [0.717, 1.165) is 19.4 Å². The minimum absolute atomic E-state index is 0.0867. The summed E-state index contributed by atoms with van der Waals surface area (Å²) in [4.78, 5) is 16.4. The Bertz CT molecular complexity index is 500. The van der Waals surface area contributed by atoms with E-state index in [1.807, 2.05) is 0 Å². The van der Waals surface area contributed by atoms with Gasteiger partial charge in [0.1, 0.15) is 5.56 Å². The number of hydrogen-bond donors (Lipinski definition) is 2. The molecular formula is C15H21N3O2. The van der Waals surface area contributed by atoms with Gasteiger partial charge in [0.25, 0.3) is 5.91 Å². The van der Waals surface area contributed by atoms with E-state index in [1.165, 1.54) is 26.4 Å². The number of rotatable bonds is 3. The van der Waals surface area contributed by atoms with E-state index < -0.39 is 0 Å². The number of nitrogens with one attached hydrogen (secondary N) is 2. The van der Waals surface area contributed by atoms with Crippen LogP contribution in [0.1, 0.15) is 42.5 Å². The Morgan fingerprint density at radius 2 is 2.40 bits per heavy atom. The van der Waals surface area contributed by atoms with Gasteiger partial charge in [0.2, 0.25) is 5.88 Å². The number of aromatic nitrogens is 1. The SMILES string of the molecule is COc1ncccc1C(=O)NC1CCNC2(CCC2)C1. The van der Waals surface area contributed by atoms with Crippen molar-refractivity contribution in [2.45, 2.75) is 43.7 Å². The fourth-order valence-corrected chi connectivity index (χ4v) is 3.25. The third-order valence-corrected chi connectivity index (χ3v) is 4.48. The number of carbonyl (C=O) groups is 1. The monoisotopic (exact) mass is 275 g/mol. The standard InChI is InChI=1S/C15H21N3O2/c1-20-14-12(4-2-8-16-14)13(19)18-11-5-9-17-15(10-11)6-3-7-15/h2,4,8,11,17H,3,5-7,9-10H2,1H3,(H,18,19). The van der Waals surface area contributed by atoms with Crippen molar-refractivity contribution in [1.29, 1.82) is 0 Å². The molecule has 1 unspecified atom stereocenters. The molecule has 3 rings (SSSR count). The van der Waals surface area contributed by atoms with Crippen molar-refractivity contribution in [2.24, 2.45) is 0 Å². The number of hydrogen-bond acceptors (Lipinski definition) is 4. The average molecular weight is 275 g/mol. The van der Waals surface area contributed by atoms with Crippen molar-refractivity contribution in [3.8, 4) is 5.88 Å². The van der Waals surface area contributed by atoms with Gasteiger partial charge in [0, 0.05) is 17.8 Å². The van der Waals surface area contributed by atoms with Crippen LogP contribution < -0.4 is 15.4 Å². The molecule has 2 aliphatic rings. The lowest BCUT2D eigenvalue weighted by molar-refractivity contribution is 0.0850. The van der Waals surface area contributed by atoms with Crippen LogP contribution in [0, 0.1) is 0 Å². The summed E-state index contributed by atoms with van der Waals surface area (Å²) in [5.41, 5.74) is 0.797. The van der Waals surface area contributed by atoms with E-state index in [-0.39, 0.29) is 17.5 Å². The molecule has 20 heavy (non-hydrogen) atoms. The molecule has 1 saturated carbocycles. The summed E-state index contributed by atoms with van der Waals surface area (Å²) in [6.07, 6.45) is 7.40. The molecule has 1 aromatic heterocycles. The van der Waals surface area contributed by atoms with E-state index in [1.54, 1.807) is 18.3 Å². The number of methoxy groups -OCH3 is 1. The minimum Gasteiger partial charge on any atom is -0.480 e. The molecule has 5 nitrogen and oxygen atoms in total. The summed E-state index contributed by atoms with van der Waals surface area (Å²) in [5.74, 6) is 0.300. The van der Waals surface area contributed by atoms with Gasteiger partial charge in [-0.2, -0.15) is 0 Å². The predicted molar refractivity (Wildman–Crippen MR) is 75.9 cm³/mol. The number of carbonyl (C=O) groups excluding carboxylic acids is 1. The van der Waals surface area contributed by atoms with Crippen molar-refractivity contribution in [1.82, 2.24) is 15.6 Å². The molecule has 5 heteroatoms. The van der Waals surface area contributed by atoms with E-state index in [2.05, 4.69) is 15.6 Å². The average Bonchev–Trinajstić information content (AvgIpc) is 2.46. The molecular weight excluding hydrogens is 254 g/mol.